The summed E-state index contributed by atoms with van der Waals surface area (Å²) < 4.78 is 0. The number of oxime groups is 1. The third-order valence-electron chi connectivity index (χ3n) is 8.79. The zero-order valence-corrected chi connectivity index (χ0v) is 18.7. The zero-order valence-electron chi connectivity index (χ0n) is 18.7. The van der Waals surface area contributed by atoms with Crippen LogP contribution in [0, 0.1) is 28.6 Å². The highest BCUT2D eigenvalue weighted by atomic mass is 16.6. The van der Waals surface area contributed by atoms with E-state index in [0.29, 0.717) is 23.7 Å². The van der Waals surface area contributed by atoms with Gasteiger partial charge in [-0.25, -0.2) is 0 Å². The Balaban J connectivity index is 1.44. The first kappa shape index (κ1) is 20.8. The maximum Gasteiger partial charge on any atom is 0.139 e. The van der Waals surface area contributed by atoms with Crippen molar-refractivity contribution in [3.8, 4) is 0 Å². The van der Waals surface area contributed by atoms with Gasteiger partial charge in [0.25, 0.3) is 0 Å². The average Bonchev–Trinajstić information content (AvgIpc) is 2.99. The third-order valence-corrected chi connectivity index (χ3v) is 8.79. The lowest BCUT2D eigenvalue weighted by Gasteiger charge is -2.57. The van der Waals surface area contributed by atoms with Crippen molar-refractivity contribution in [3.63, 3.8) is 0 Å². The van der Waals surface area contributed by atoms with Crippen LogP contribution in [0.3, 0.4) is 0 Å². The minimum absolute atomic E-state index is 0.0124. The second kappa shape index (κ2) is 8.02. The molecule has 0 heterocycles. The maximum atomic E-state index is 12.6. The van der Waals surface area contributed by atoms with Gasteiger partial charge in [-0.15, -0.1) is 0 Å². The van der Waals surface area contributed by atoms with Gasteiger partial charge in [0.05, 0.1) is 6.21 Å². The Morgan fingerprint density at radius 2 is 1.90 bits per heavy atom. The molecule has 4 rings (SSSR count). The fraction of sp³-hybridized carbons (Fsp3) is 0.760. The monoisotopic (exact) mass is 398 g/mol. The van der Waals surface area contributed by atoms with Crippen LogP contribution in [0.25, 0.3) is 0 Å². The van der Waals surface area contributed by atoms with Crippen molar-refractivity contribution in [2.45, 2.75) is 65.2 Å². The predicted molar refractivity (Wildman–Crippen MR) is 118 cm³/mol. The molecule has 4 nitrogen and oxygen atoms in total. The molecule has 0 radical (unpaired) electrons. The van der Waals surface area contributed by atoms with E-state index in [1.165, 1.54) is 31.3 Å². The Kier molecular flexibility index (Phi) is 5.76. The van der Waals surface area contributed by atoms with Gasteiger partial charge in [-0.1, -0.05) is 30.7 Å². The van der Waals surface area contributed by atoms with E-state index in [1.54, 1.807) is 5.57 Å². The molecule has 0 spiro atoms. The van der Waals surface area contributed by atoms with Crippen molar-refractivity contribution < 1.29 is 9.63 Å². The summed E-state index contributed by atoms with van der Waals surface area (Å²) in [5.74, 6) is 2.69. The molecule has 4 aliphatic rings. The molecular weight excluding hydrogens is 360 g/mol. The fourth-order valence-electron chi connectivity index (χ4n) is 6.96. The molecule has 0 aliphatic heterocycles. The smallest absolute Gasteiger partial charge is 0.139 e. The molecule has 0 aromatic heterocycles. The highest BCUT2D eigenvalue weighted by Crippen LogP contribution is 2.64. The van der Waals surface area contributed by atoms with Crippen LogP contribution in [0.15, 0.2) is 28.5 Å². The fourth-order valence-corrected chi connectivity index (χ4v) is 6.96. The first-order valence-corrected chi connectivity index (χ1v) is 11.6. The van der Waals surface area contributed by atoms with Crippen LogP contribution in [0.5, 0.6) is 0 Å². The number of Topliss-reactive ketones (excluding diaryl/α,β-unsaturated/α-hetero) is 1. The zero-order chi connectivity index (χ0) is 20.6. The number of hydrogen-bond acceptors (Lipinski definition) is 4. The Hall–Kier alpha value is -1.42. The summed E-state index contributed by atoms with van der Waals surface area (Å²) in [6.45, 7) is 6.30. The van der Waals surface area contributed by atoms with Crippen molar-refractivity contribution in [2.24, 2.45) is 33.7 Å². The van der Waals surface area contributed by atoms with Crippen molar-refractivity contribution in [1.29, 1.82) is 0 Å². The molecule has 0 saturated heterocycles. The number of allylic oxidation sites excluding steroid dienone is 4. The molecule has 0 aromatic carbocycles. The van der Waals surface area contributed by atoms with Gasteiger partial charge >= 0.3 is 0 Å². The van der Waals surface area contributed by atoms with Gasteiger partial charge in [0.1, 0.15) is 12.4 Å². The number of ketones is 1. The molecular formula is C25H38N2O2. The molecule has 4 aliphatic carbocycles. The van der Waals surface area contributed by atoms with E-state index in [9.17, 15) is 4.79 Å². The Bertz CT molecular complexity index is 737. The highest BCUT2D eigenvalue weighted by Gasteiger charge is 2.58. The van der Waals surface area contributed by atoms with Crippen LogP contribution in [-0.4, -0.2) is 44.1 Å². The van der Waals surface area contributed by atoms with E-state index in [-0.39, 0.29) is 5.41 Å². The molecule has 0 amide bonds. The summed E-state index contributed by atoms with van der Waals surface area (Å²) in [6, 6.07) is 0. The SMILES string of the molecule is CN(C)CCON=CC=C1C=C2CCC3C(CC[C@]4(C)C(=O)CCC34)[C@@]2(C)CC1. The topological polar surface area (TPSA) is 41.9 Å². The highest BCUT2D eigenvalue weighted by molar-refractivity contribution is 5.87. The van der Waals surface area contributed by atoms with Gasteiger partial charge in [-0.05, 0) is 93.9 Å². The summed E-state index contributed by atoms with van der Waals surface area (Å²) in [4.78, 5) is 20.0. The lowest BCUT2D eigenvalue weighted by Crippen LogP contribution is -2.50. The minimum Gasteiger partial charge on any atom is -0.394 e. The molecule has 0 aromatic rings. The van der Waals surface area contributed by atoms with E-state index >= 15 is 0 Å². The average molecular weight is 399 g/mol. The van der Waals surface area contributed by atoms with Crippen LogP contribution < -0.4 is 0 Å². The second-order valence-corrected chi connectivity index (χ2v) is 10.6. The van der Waals surface area contributed by atoms with Gasteiger partial charge in [0, 0.05) is 18.4 Å². The van der Waals surface area contributed by atoms with Crippen molar-refractivity contribution in [3.05, 3.63) is 23.3 Å². The van der Waals surface area contributed by atoms with E-state index < -0.39 is 0 Å². The van der Waals surface area contributed by atoms with Gasteiger partial charge in [0.15, 0.2) is 0 Å². The van der Waals surface area contributed by atoms with E-state index in [4.69, 9.17) is 4.84 Å². The quantitative estimate of drug-likeness (QED) is 0.371. The number of fused-ring (bicyclic) bond motifs is 5. The van der Waals surface area contributed by atoms with Crippen molar-refractivity contribution in [1.82, 2.24) is 4.90 Å². The lowest BCUT2D eigenvalue weighted by atomic mass is 9.47. The number of likely N-dealkylation sites (N-methyl/N-ethyl adjacent to an activating group) is 1. The van der Waals surface area contributed by atoms with Crippen molar-refractivity contribution in [2.75, 3.05) is 27.2 Å². The molecule has 160 valence electrons. The second-order valence-electron chi connectivity index (χ2n) is 10.6. The normalized spacial score (nSPS) is 40.7. The van der Waals surface area contributed by atoms with Crippen LogP contribution in [0.1, 0.15) is 65.2 Å². The van der Waals surface area contributed by atoms with E-state index in [1.807, 2.05) is 20.3 Å². The maximum absolute atomic E-state index is 12.6. The van der Waals surface area contributed by atoms with Crippen LogP contribution in [0.4, 0.5) is 0 Å². The van der Waals surface area contributed by atoms with Crippen LogP contribution in [-0.2, 0) is 9.63 Å². The van der Waals surface area contributed by atoms with Crippen LogP contribution >= 0.6 is 0 Å². The van der Waals surface area contributed by atoms with Gasteiger partial charge < -0.3 is 9.74 Å². The Labute approximate surface area is 176 Å². The Morgan fingerprint density at radius 3 is 2.69 bits per heavy atom. The molecule has 3 saturated carbocycles. The van der Waals surface area contributed by atoms with Crippen LogP contribution in [0.2, 0.25) is 0 Å². The molecule has 3 fully saturated rings. The Morgan fingerprint density at radius 1 is 1.10 bits per heavy atom. The van der Waals surface area contributed by atoms with Gasteiger partial charge in [-0.2, -0.15) is 0 Å². The number of nitrogens with zero attached hydrogens (tertiary/aromatic N) is 2. The molecule has 0 N–H and O–H groups in total. The van der Waals surface area contributed by atoms with E-state index in [2.05, 4.69) is 36.1 Å². The van der Waals surface area contributed by atoms with Gasteiger partial charge in [-0.3, -0.25) is 4.79 Å². The number of rotatable bonds is 5. The molecule has 29 heavy (non-hydrogen) atoms. The molecule has 4 heteroatoms. The molecule has 3 unspecified atom stereocenters. The summed E-state index contributed by atoms with van der Waals surface area (Å²) in [6.07, 6.45) is 15.5. The lowest BCUT2D eigenvalue weighted by molar-refractivity contribution is -0.132. The van der Waals surface area contributed by atoms with Crippen molar-refractivity contribution >= 4 is 12.0 Å². The summed E-state index contributed by atoms with van der Waals surface area (Å²) >= 11 is 0. The standard InChI is InChI=1S/C25H38N2O2/c1-24-12-9-18(11-14-26-29-16-15-27(3)4)17-19(24)5-6-20-21-7-8-23(28)25(21,2)13-10-22(20)24/h11,14,17,20-22H,5-10,12-13,15-16H2,1-4H3/t20?,21?,22?,24-,25-/m0/s1. The summed E-state index contributed by atoms with van der Waals surface area (Å²) in [7, 11) is 4.07. The molecule has 5 atom stereocenters. The predicted octanol–water partition coefficient (Wildman–Crippen LogP) is 5.01. The first-order chi connectivity index (χ1) is 13.8. The molecule has 0 bridgehead atoms. The van der Waals surface area contributed by atoms with Gasteiger partial charge in [0.2, 0.25) is 0 Å². The minimum atomic E-state index is -0.0124. The number of hydrogen-bond donors (Lipinski definition) is 0. The number of carbonyl (C=O) groups excluding carboxylic acids is 1. The summed E-state index contributed by atoms with van der Waals surface area (Å²) in [5.41, 5.74) is 3.34. The van der Waals surface area contributed by atoms with E-state index in [0.717, 1.165) is 44.1 Å². The largest absolute Gasteiger partial charge is 0.394 e. The summed E-state index contributed by atoms with van der Waals surface area (Å²) in [5, 5.41) is 4.09. The number of carbonyl (C=O) groups is 1. The first-order valence-electron chi connectivity index (χ1n) is 11.6. The third kappa shape index (κ3) is 3.73.